The van der Waals surface area contributed by atoms with Crippen molar-refractivity contribution >= 4 is 71.2 Å². The molecule has 1 aromatic heterocycles. The van der Waals surface area contributed by atoms with Crippen molar-refractivity contribution < 1.29 is 0 Å². The van der Waals surface area contributed by atoms with E-state index in [1.165, 1.54) is 65.3 Å². The van der Waals surface area contributed by atoms with E-state index in [1.807, 2.05) is 0 Å². The van der Waals surface area contributed by atoms with Crippen LogP contribution in [-0.4, -0.2) is 4.57 Å². The Kier molecular flexibility index (Phi) is 6.53. The van der Waals surface area contributed by atoms with Crippen molar-refractivity contribution in [1.29, 1.82) is 0 Å². The molecule has 234 valence electrons. The lowest BCUT2D eigenvalue weighted by Gasteiger charge is -2.26. The average molecular weight is 637 g/mol. The number of nitrogens with zero attached hydrogens (tertiary/aromatic N) is 2. The molecule has 9 aromatic carbocycles. The number of anilines is 3. The normalized spacial score (nSPS) is 11.6. The molecule has 1 heterocycles. The lowest BCUT2D eigenvalue weighted by Crippen LogP contribution is -2.09. The van der Waals surface area contributed by atoms with Gasteiger partial charge in [-0.3, -0.25) is 0 Å². The first kappa shape index (κ1) is 28.4. The molecule has 0 aliphatic rings. The first-order valence-electron chi connectivity index (χ1n) is 17.2. The Bertz CT molecular complexity index is 2850. The maximum Gasteiger partial charge on any atom is 0.0542 e. The van der Waals surface area contributed by atoms with Crippen molar-refractivity contribution in [2.45, 2.75) is 0 Å². The van der Waals surface area contributed by atoms with Gasteiger partial charge >= 0.3 is 0 Å². The third-order valence-electron chi connectivity index (χ3n) is 10.1. The van der Waals surface area contributed by atoms with Gasteiger partial charge in [0.25, 0.3) is 0 Å². The highest BCUT2D eigenvalue weighted by atomic mass is 15.1. The first-order valence-corrected chi connectivity index (χ1v) is 17.2. The van der Waals surface area contributed by atoms with Gasteiger partial charge in [0, 0.05) is 33.5 Å². The van der Waals surface area contributed by atoms with Crippen molar-refractivity contribution in [2.75, 3.05) is 4.90 Å². The molecule has 0 radical (unpaired) electrons. The molecule has 0 unspecified atom stereocenters. The molecule has 50 heavy (non-hydrogen) atoms. The summed E-state index contributed by atoms with van der Waals surface area (Å²) in [6, 6.07) is 70.4. The number of rotatable bonds is 5. The van der Waals surface area contributed by atoms with Gasteiger partial charge in [0.2, 0.25) is 0 Å². The minimum absolute atomic E-state index is 1.11. The van der Waals surface area contributed by atoms with Crippen LogP contribution in [0.15, 0.2) is 194 Å². The smallest absolute Gasteiger partial charge is 0.0542 e. The third-order valence-corrected chi connectivity index (χ3v) is 10.1. The van der Waals surface area contributed by atoms with E-state index in [0.29, 0.717) is 0 Å². The van der Waals surface area contributed by atoms with E-state index < -0.39 is 0 Å². The number of para-hydroxylation sites is 3. The maximum atomic E-state index is 2.37. The molecule has 0 aliphatic heterocycles. The van der Waals surface area contributed by atoms with Crippen LogP contribution in [0.2, 0.25) is 0 Å². The molecule has 10 aromatic rings. The second-order valence-electron chi connectivity index (χ2n) is 13.0. The minimum Gasteiger partial charge on any atom is -0.310 e. The Morgan fingerprint density at radius 2 is 0.960 bits per heavy atom. The van der Waals surface area contributed by atoms with Crippen molar-refractivity contribution in [2.24, 2.45) is 0 Å². The Balaban J connectivity index is 1.13. The van der Waals surface area contributed by atoms with Crippen LogP contribution in [0.5, 0.6) is 0 Å². The maximum absolute atomic E-state index is 2.37. The van der Waals surface area contributed by atoms with Crippen LogP contribution >= 0.6 is 0 Å². The Morgan fingerprint density at radius 3 is 1.80 bits per heavy atom. The highest BCUT2D eigenvalue weighted by Crippen LogP contribution is 2.42. The van der Waals surface area contributed by atoms with Crippen LogP contribution in [-0.2, 0) is 0 Å². The van der Waals surface area contributed by atoms with Gasteiger partial charge in [-0.1, -0.05) is 133 Å². The van der Waals surface area contributed by atoms with Crippen molar-refractivity contribution in [3.05, 3.63) is 194 Å². The van der Waals surface area contributed by atoms with E-state index in [4.69, 9.17) is 0 Å². The van der Waals surface area contributed by atoms with Gasteiger partial charge in [-0.2, -0.15) is 0 Å². The van der Waals surface area contributed by atoms with Crippen LogP contribution in [0.1, 0.15) is 0 Å². The Labute approximate surface area is 290 Å². The lowest BCUT2D eigenvalue weighted by molar-refractivity contribution is 1.18. The number of hydrogen-bond donors (Lipinski definition) is 0. The summed E-state index contributed by atoms with van der Waals surface area (Å²) in [6.45, 7) is 0. The zero-order chi connectivity index (χ0) is 33.0. The highest BCUT2D eigenvalue weighted by molar-refractivity contribution is 6.21. The fourth-order valence-corrected chi connectivity index (χ4v) is 7.89. The fraction of sp³-hybridized carbons (Fsp3) is 0. The molecule has 0 amide bonds. The summed E-state index contributed by atoms with van der Waals surface area (Å²) in [5.74, 6) is 0. The fourth-order valence-electron chi connectivity index (χ4n) is 7.89. The summed E-state index contributed by atoms with van der Waals surface area (Å²) in [6.07, 6.45) is 0. The van der Waals surface area contributed by atoms with E-state index in [9.17, 15) is 0 Å². The van der Waals surface area contributed by atoms with E-state index in [0.717, 1.165) is 22.7 Å². The van der Waals surface area contributed by atoms with Crippen LogP contribution in [0.25, 0.3) is 70.9 Å². The second-order valence-corrected chi connectivity index (χ2v) is 13.0. The number of benzene rings is 9. The van der Waals surface area contributed by atoms with Crippen molar-refractivity contribution in [1.82, 2.24) is 4.57 Å². The molecule has 2 nitrogen and oxygen atoms in total. The van der Waals surface area contributed by atoms with Crippen LogP contribution < -0.4 is 4.90 Å². The van der Waals surface area contributed by atoms with Crippen molar-refractivity contribution in [3.63, 3.8) is 0 Å². The van der Waals surface area contributed by atoms with Crippen LogP contribution in [0.4, 0.5) is 17.1 Å². The lowest BCUT2D eigenvalue weighted by atomic mass is 9.91. The predicted octanol–water partition coefficient (Wildman–Crippen LogP) is 13.4. The van der Waals surface area contributed by atoms with E-state index in [2.05, 4.69) is 204 Å². The Morgan fingerprint density at radius 1 is 0.340 bits per heavy atom. The summed E-state index contributed by atoms with van der Waals surface area (Å²) in [5, 5.41) is 10.2. The standard InChI is InChI=1S/C48H32N2/c1-3-14-36(15-4-1)49(39-28-31-47-45(32-39)43-19-9-10-21-46(43)50(47)37-16-5-2-6-17-37)38-26-22-34(23-27-38)41-20-11-13-35-25-29-42-40-18-8-7-12-33(40)24-30-44(42)48(35)41/h1-32H. The topological polar surface area (TPSA) is 8.17 Å². The SMILES string of the molecule is c1ccc(N(c2ccc(-c3cccc4ccc5c6ccccc6ccc5c34)cc2)c2ccc3c(c2)c2ccccc2n3-c2ccccc2)cc1. The summed E-state index contributed by atoms with van der Waals surface area (Å²) in [7, 11) is 0. The summed E-state index contributed by atoms with van der Waals surface area (Å²) in [5.41, 5.74) is 9.37. The van der Waals surface area contributed by atoms with Gasteiger partial charge in [0.15, 0.2) is 0 Å². The second kappa shape index (κ2) is 11.5. The summed E-state index contributed by atoms with van der Waals surface area (Å²) < 4.78 is 2.37. The minimum atomic E-state index is 1.11. The van der Waals surface area contributed by atoms with E-state index >= 15 is 0 Å². The van der Waals surface area contributed by atoms with Crippen LogP contribution in [0, 0.1) is 0 Å². The van der Waals surface area contributed by atoms with Gasteiger partial charge in [-0.15, -0.1) is 0 Å². The molecule has 2 heteroatoms. The molecular formula is C48H32N2. The molecule has 10 rings (SSSR count). The average Bonchev–Trinajstić information content (AvgIpc) is 3.52. The zero-order valence-corrected chi connectivity index (χ0v) is 27.4. The quantitative estimate of drug-likeness (QED) is 0.171. The molecule has 0 bridgehead atoms. The monoisotopic (exact) mass is 636 g/mol. The molecule has 0 saturated carbocycles. The van der Waals surface area contributed by atoms with Crippen molar-refractivity contribution in [3.8, 4) is 16.8 Å². The van der Waals surface area contributed by atoms with Gasteiger partial charge < -0.3 is 9.47 Å². The number of aromatic nitrogens is 1. The van der Waals surface area contributed by atoms with Gasteiger partial charge in [-0.05, 0) is 104 Å². The molecular weight excluding hydrogens is 605 g/mol. The van der Waals surface area contributed by atoms with Gasteiger partial charge in [0.1, 0.15) is 0 Å². The molecule has 0 spiro atoms. The third kappa shape index (κ3) is 4.50. The first-order chi connectivity index (χ1) is 24.8. The largest absolute Gasteiger partial charge is 0.310 e. The Hall–Kier alpha value is -6.64. The zero-order valence-electron chi connectivity index (χ0n) is 27.4. The predicted molar refractivity (Wildman–Crippen MR) is 213 cm³/mol. The molecule has 0 N–H and O–H groups in total. The number of hydrogen-bond acceptors (Lipinski definition) is 1. The molecule has 0 aliphatic carbocycles. The highest BCUT2D eigenvalue weighted by Gasteiger charge is 2.18. The molecule has 0 atom stereocenters. The van der Waals surface area contributed by atoms with Gasteiger partial charge in [-0.25, -0.2) is 0 Å². The molecule has 0 fully saturated rings. The van der Waals surface area contributed by atoms with Crippen LogP contribution in [0.3, 0.4) is 0 Å². The number of fused-ring (bicyclic) bond motifs is 8. The van der Waals surface area contributed by atoms with Gasteiger partial charge in [0.05, 0.1) is 11.0 Å². The summed E-state index contributed by atoms with van der Waals surface area (Å²) >= 11 is 0. The summed E-state index contributed by atoms with van der Waals surface area (Å²) in [4.78, 5) is 2.36. The molecule has 0 saturated heterocycles. The van der Waals surface area contributed by atoms with E-state index in [1.54, 1.807) is 0 Å². The van der Waals surface area contributed by atoms with E-state index in [-0.39, 0.29) is 0 Å².